The highest BCUT2D eigenvalue weighted by molar-refractivity contribution is 6.06. The Morgan fingerprint density at radius 2 is 1.67 bits per heavy atom. The molecule has 0 atom stereocenters. The van der Waals surface area contributed by atoms with Crippen molar-refractivity contribution < 1.29 is 28.5 Å². The van der Waals surface area contributed by atoms with Crippen LogP contribution in [0.1, 0.15) is 15.9 Å². The highest BCUT2D eigenvalue weighted by Crippen LogP contribution is 2.39. The van der Waals surface area contributed by atoms with Crippen LogP contribution in [-0.2, 0) is 11.3 Å². The predicted molar refractivity (Wildman–Crippen MR) is 124 cm³/mol. The maximum Gasteiger partial charge on any atom is 0.265 e. The van der Waals surface area contributed by atoms with Gasteiger partial charge in [-0.05, 0) is 35.9 Å². The van der Waals surface area contributed by atoms with Crippen molar-refractivity contribution in [1.82, 2.24) is 0 Å². The van der Waals surface area contributed by atoms with Gasteiger partial charge in [0.15, 0.2) is 18.1 Å². The van der Waals surface area contributed by atoms with E-state index in [1.807, 2.05) is 30.3 Å². The van der Waals surface area contributed by atoms with E-state index in [1.54, 1.807) is 35.2 Å². The summed E-state index contributed by atoms with van der Waals surface area (Å²) in [7, 11) is 4.47. The van der Waals surface area contributed by atoms with Gasteiger partial charge in [0.05, 0.1) is 33.6 Å². The molecular formula is C25H24N2O6. The van der Waals surface area contributed by atoms with Crippen molar-refractivity contribution in [2.75, 3.05) is 38.2 Å². The third-order valence-corrected chi connectivity index (χ3v) is 5.27. The molecule has 8 heteroatoms. The summed E-state index contributed by atoms with van der Waals surface area (Å²) in [5.74, 6) is 1.21. The van der Waals surface area contributed by atoms with E-state index in [2.05, 4.69) is 5.32 Å². The van der Waals surface area contributed by atoms with Gasteiger partial charge in [-0.1, -0.05) is 30.3 Å². The van der Waals surface area contributed by atoms with Crippen LogP contribution < -0.4 is 29.2 Å². The van der Waals surface area contributed by atoms with Crippen LogP contribution >= 0.6 is 0 Å². The minimum absolute atomic E-state index is 0.0308. The summed E-state index contributed by atoms with van der Waals surface area (Å²) in [5.41, 5.74) is 2.43. The number of nitrogens with one attached hydrogen (secondary N) is 1. The first-order chi connectivity index (χ1) is 16.0. The molecule has 33 heavy (non-hydrogen) atoms. The van der Waals surface area contributed by atoms with E-state index in [4.69, 9.17) is 18.9 Å². The summed E-state index contributed by atoms with van der Waals surface area (Å²) in [4.78, 5) is 27.2. The summed E-state index contributed by atoms with van der Waals surface area (Å²) >= 11 is 0. The Balaban J connectivity index is 1.61. The Morgan fingerprint density at radius 1 is 0.970 bits per heavy atom. The minimum Gasteiger partial charge on any atom is -0.493 e. The summed E-state index contributed by atoms with van der Waals surface area (Å²) in [6.45, 7) is 0.372. The number of carbonyl (C=O) groups excluding carboxylic acids is 2. The fourth-order valence-electron chi connectivity index (χ4n) is 3.63. The zero-order valence-corrected chi connectivity index (χ0v) is 18.6. The van der Waals surface area contributed by atoms with Crippen molar-refractivity contribution in [3.05, 3.63) is 71.8 Å². The highest BCUT2D eigenvalue weighted by Gasteiger charge is 2.26. The lowest BCUT2D eigenvalue weighted by Crippen LogP contribution is -2.38. The number of benzene rings is 3. The number of nitrogens with zero attached hydrogens (tertiary/aromatic N) is 1. The Labute approximate surface area is 191 Å². The molecule has 0 spiro atoms. The summed E-state index contributed by atoms with van der Waals surface area (Å²) in [5, 5.41) is 2.86. The fraction of sp³-hybridized carbons (Fsp3) is 0.200. The molecule has 1 aliphatic rings. The number of hydrogen-bond acceptors (Lipinski definition) is 6. The minimum atomic E-state index is -0.369. The number of anilines is 2. The molecule has 3 aromatic carbocycles. The van der Waals surface area contributed by atoms with Crippen molar-refractivity contribution >= 4 is 23.2 Å². The van der Waals surface area contributed by atoms with Gasteiger partial charge in [-0.2, -0.15) is 0 Å². The largest absolute Gasteiger partial charge is 0.493 e. The van der Waals surface area contributed by atoms with E-state index in [1.165, 1.54) is 21.3 Å². The lowest BCUT2D eigenvalue weighted by molar-refractivity contribution is -0.121. The Bertz CT molecular complexity index is 1150. The molecule has 0 radical (unpaired) electrons. The van der Waals surface area contributed by atoms with Crippen LogP contribution in [0.15, 0.2) is 60.7 Å². The first-order valence-electron chi connectivity index (χ1n) is 10.3. The second-order valence-electron chi connectivity index (χ2n) is 7.30. The standard InChI is InChI=1S/C25H24N2O6/c1-30-21-11-17(12-22(31-2)24(21)32-3)25(29)26-18-9-10-20-19(13-18)27(23(28)15-33-20)14-16-7-5-4-6-8-16/h4-13H,14-15H2,1-3H3,(H,26,29). The Hall–Kier alpha value is -4.20. The summed E-state index contributed by atoms with van der Waals surface area (Å²) in [6.07, 6.45) is 0. The molecule has 0 aromatic heterocycles. The van der Waals surface area contributed by atoms with Crippen LogP contribution in [-0.4, -0.2) is 39.8 Å². The molecule has 0 aliphatic carbocycles. The third-order valence-electron chi connectivity index (χ3n) is 5.27. The normalized spacial score (nSPS) is 12.5. The van der Waals surface area contributed by atoms with Crippen molar-refractivity contribution in [1.29, 1.82) is 0 Å². The number of carbonyl (C=O) groups is 2. The molecule has 1 heterocycles. The van der Waals surface area contributed by atoms with Crippen molar-refractivity contribution in [3.63, 3.8) is 0 Å². The summed E-state index contributed by atoms with van der Waals surface area (Å²) in [6, 6.07) is 18.0. The molecule has 1 aliphatic heterocycles. The van der Waals surface area contributed by atoms with Gasteiger partial charge in [-0.25, -0.2) is 0 Å². The van der Waals surface area contributed by atoms with E-state index < -0.39 is 0 Å². The SMILES string of the molecule is COc1cc(C(=O)Nc2ccc3c(c2)N(Cc2ccccc2)C(=O)CO3)cc(OC)c1OC. The number of ether oxygens (including phenoxy) is 4. The second kappa shape index (κ2) is 9.52. The molecular weight excluding hydrogens is 424 g/mol. The van der Waals surface area contributed by atoms with E-state index in [0.717, 1.165) is 5.56 Å². The fourth-order valence-corrected chi connectivity index (χ4v) is 3.63. The number of amides is 2. The van der Waals surface area contributed by atoms with E-state index in [-0.39, 0.29) is 18.4 Å². The van der Waals surface area contributed by atoms with E-state index >= 15 is 0 Å². The quantitative estimate of drug-likeness (QED) is 0.590. The summed E-state index contributed by atoms with van der Waals surface area (Å²) < 4.78 is 21.6. The Morgan fingerprint density at radius 3 is 2.30 bits per heavy atom. The molecule has 0 fully saturated rings. The van der Waals surface area contributed by atoms with Gasteiger partial charge in [-0.15, -0.1) is 0 Å². The molecule has 0 saturated heterocycles. The van der Waals surface area contributed by atoms with Crippen LogP contribution in [0, 0.1) is 0 Å². The number of fused-ring (bicyclic) bond motifs is 1. The Kier molecular flexibility index (Phi) is 6.35. The number of methoxy groups -OCH3 is 3. The van der Waals surface area contributed by atoms with Gasteiger partial charge in [0.1, 0.15) is 5.75 Å². The molecule has 1 N–H and O–H groups in total. The van der Waals surface area contributed by atoms with Crippen LogP contribution in [0.3, 0.4) is 0 Å². The monoisotopic (exact) mass is 448 g/mol. The molecule has 4 rings (SSSR count). The number of hydrogen-bond donors (Lipinski definition) is 1. The molecule has 3 aromatic rings. The highest BCUT2D eigenvalue weighted by atomic mass is 16.5. The molecule has 170 valence electrons. The van der Waals surface area contributed by atoms with Gasteiger partial charge in [0, 0.05) is 11.3 Å². The molecule has 0 bridgehead atoms. The van der Waals surface area contributed by atoms with Crippen LogP contribution in [0.2, 0.25) is 0 Å². The van der Waals surface area contributed by atoms with Crippen molar-refractivity contribution in [2.24, 2.45) is 0 Å². The first kappa shape index (κ1) is 22.0. The maximum atomic E-state index is 13.0. The van der Waals surface area contributed by atoms with E-state index in [9.17, 15) is 9.59 Å². The van der Waals surface area contributed by atoms with Gasteiger partial charge >= 0.3 is 0 Å². The second-order valence-corrected chi connectivity index (χ2v) is 7.30. The lowest BCUT2D eigenvalue weighted by atomic mass is 10.1. The maximum absolute atomic E-state index is 13.0. The number of rotatable bonds is 7. The van der Waals surface area contributed by atoms with Gasteiger partial charge in [0.2, 0.25) is 5.75 Å². The predicted octanol–water partition coefficient (Wildman–Crippen LogP) is 3.89. The van der Waals surface area contributed by atoms with Crippen LogP contribution in [0.25, 0.3) is 0 Å². The lowest BCUT2D eigenvalue weighted by Gasteiger charge is -2.30. The molecule has 0 saturated carbocycles. The third kappa shape index (κ3) is 4.55. The van der Waals surface area contributed by atoms with Crippen LogP contribution in [0.5, 0.6) is 23.0 Å². The smallest absolute Gasteiger partial charge is 0.265 e. The average Bonchev–Trinajstić information content (AvgIpc) is 2.85. The zero-order valence-electron chi connectivity index (χ0n) is 18.6. The van der Waals surface area contributed by atoms with Crippen LogP contribution in [0.4, 0.5) is 11.4 Å². The first-order valence-corrected chi connectivity index (χ1v) is 10.3. The van der Waals surface area contributed by atoms with E-state index in [0.29, 0.717) is 46.5 Å². The molecule has 0 unspecified atom stereocenters. The van der Waals surface area contributed by atoms with Gasteiger partial charge in [0.25, 0.3) is 11.8 Å². The van der Waals surface area contributed by atoms with Gasteiger partial charge in [-0.3, -0.25) is 9.59 Å². The van der Waals surface area contributed by atoms with Gasteiger partial charge < -0.3 is 29.2 Å². The van der Waals surface area contributed by atoms with Crippen molar-refractivity contribution in [2.45, 2.75) is 6.54 Å². The molecule has 2 amide bonds. The zero-order chi connectivity index (χ0) is 23.4. The average molecular weight is 448 g/mol. The molecule has 8 nitrogen and oxygen atoms in total. The van der Waals surface area contributed by atoms with Crippen molar-refractivity contribution in [3.8, 4) is 23.0 Å². The topological polar surface area (TPSA) is 86.3 Å².